The molecule has 2 atom stereocenters. The fraction of sp³-hybridized carbons (Fsp3) is 0.195. The Bertz CT molecular complexity index is 2460. The molecule has 7 rings (SSSR count). The summed E-state index contributed by atoms with van der Waals surface area (Å²) in [6, 6.07) is 23.9. The Hall–Kier alpha value is -6.08. The van der Waals surface area contributed by atoms with E-state index in [4.69, 9.17) is 4.74 Å². The van der Waals surface area contributed by atoms with Gasteiger partial charge in [-0.25, -0.2) is 13.6 Å². The molecule has 0 aliphatic carbocycles. The topological polar surface area (TPSA) is 101 Å². The molecule has 6 aromatic rings. The summed E-state index contributed by atoms with van der Waals surface area (Å²) in [7, 11) is 1.38. The molecule has 2 heterocycles. The summed E-state index contributed by atoms with van der Waals surface area (Å²) in [6.07, 6.45) is -5.31. The third kappa shape index (κ3) is 6.66. The normalized spacial score (nSPS) is 15.4. The van der Waals surface area contributed by atoms with Gasteiger partial charge in [0.05, 0.1) is 35.9 Å². The average molecular weight is 742 g/mol. The van der Waals surface area contributed by atoms with E-state index in [1.807, 2.05) is 30.3 Å². The monoisotopic (exact) mass is 741 g/mol. The van der Waals surface area contributed by atoms with E-state index in [0.29, 0.717) is 24.1 Å². The molecule has 276 valence electrons. The molecule has 1 aliphatic rings. The lowest BCUT2D eigenvalue weighted by Gasteiger charge is -2.37. The van der Waals surface area contributed by atoms with E-state index in [9.17, 15) is 32.7 Å². The van der Waals surface area contributed by atoms with Gasteiger partial charge in [-0.2, -0.15) is 13.2 Å². The van der Waals surface area contributed by atoms with Crippen LogP contribution in [-0.4, -0.2) is 47.4 Å². The highest BCUT2D eigenvalue weighted by molar-refractivity contribution is 6.02. The molecule has 1 saturated heterocycles. The third-order valence-electron chi connectivity index (χ3n) is 9.79. The van der Waals surface area contributed by atoms with Crippen LogP contribution >= 0.6 is 0 Å². The van der Waals surface area contributed by atoms with Gasteiger partial charge < -0.3 is 24.6 Å². The van der Waals surface area contributed by atoms with Crippen molar-refractivity contribution in [2.24, 2.45) is 7.05 Å². The Morgan fingerprint density at radius 2 is 1.54 bits per heavy atom. The summed E-state index contributed by atoms with van der Waals surface area (Å²) in [5, 5.41) is 12.7. The molecule has 1 aliphatic heterocycles. The molecular formula is C41H32F5N3O5. The van der Waals surface area contributed by atoms with Gasteiger partial charge in [0.15, 0.2) is 0 Å². The van der Waals surface area contributed by atoms with Gasteiger partial charge in [-0.15, -0.1) is 0 Å². The number of aryl methyl sites for hydroxylation is 1. The molecule has 5 aromatic carbocycles. The van der Waals surface area contributed by atoms with E-state index >= 15 is 8.78 Å². The van der Waals surface area contributed by atoms with Crippen molar-refractivity contribution in [2.45, 2.75) is 24.7 Å². The smallest absolute Gasteiger partial charge is 0.417 e. The number of carbonyl (C=O) groups excluding carboxylic acids is 1. The van der Waals surface area contributed by atoms with Crippen LogP contribution in [0.15, 0.2) is 108 Å². The molecule has 1 amide bonds. The number of benzene rings is 5. The second kappa shape index (κ2) is 14.4. The Morgan fingerprint density at radius 1 is 0.889 bits per heavy atom. The number of aliphatic carboxylic acids is 1. The number of carboxylic acid groups (broad SMARTS) is 1. The number of pyridine rings is 1. The number of anilines is 1. The minimum atomic E-state index is -4.91. The number of fused-ring (bicyclic) bond motifs is 2. The molecule has 54 heavy (non-hydrogen) atoms. The van der Waals surface area contributed by atoms with Crippen LogP contribution < -0.4 is 15.8 Å². The van der Waals surface area contributed by atoms with E-state index in [1.54, 1.807) is 11.0 Å². The van der Waals surface area contributed by atoms with Gasteiger partial charge in [-0.3, -0.25) is 9.59 Å². The Kier molecular flexibility index (Phi) is 9.67. The van der Waals surface area contributed by atoms with Gasteiger partial charge in [0, 0.05) is 31.1 Å². The summed E-state index contributed by atoms with van der Waals surface area (Å²) < 4.78 is 82.1. The van der Waals surface area contributed by atoms with Gasteiger partial charge >= 0.3 is 12.1 Å². The SMILES string of the molecule is Cn1c(=O)c(-c2cccc3c(C[C@H](NC(=O)c4c(F)cc(N5CCOC[C@@H]5c5ccccc5)cc4F)C(=O)O)cccc23)c(C(F)(F)F)c2ccccc21. The van der Waals surface area contributed by atoms with Crippen LogP contribution in [0.3, 0.4) is 0 Å². The summed E-state index contributed by atoms with van der Waals surface area (Å²) in [6.45, 7) is 0.909. The van der Waals surface area contributed by atoms with Crippen molar-refractivity contribution in [3.05, 3.63) is 147 Å². The zero-order valence-electron chi connectivity index (χ0n) is 28.7. The summed E-state index contributed by atoms with van der Waals surface area (Å²) in [5.41, 5.74) is -2.12. The highest BCUT2D eigenvalue weighted by Crippen LogP contribution is 2.42. The number of para-hydroxylation sites is 1. The predicted molar refractivity (Wildman–Crippen MR) is 193 cm³/mol. The van der Waals surface area contributed by atoms with Crippen molar-refractivity contribution in [1.82, 2.24) is 9.88 Å². The lowest BCUT2D eigenvalue weighted by molar-refractivity contribution is -0.139. The average Bonchev–Trinajstić information content (AvgIpc) is 3.15. The molecule has 8 nitrogen and oxygen atoms in total. The first kappa shape index (κ1) is 36.3. The van der Waals surface area contributed by atoms with Crippen LogP contribution in [0.2, 0.25) is 0 Å². The lowest BCUT2D eigenvalue weighted by Crippen LogP contribution is -2.43. The fourth-order valence-electron chi connectivity index (χ4n) is 7.27. The summed E-state index contributed by atoms with van der Waals surface area (Å²) in [4.78, 5) is 41.2. The maximum atomic E-state index is 15.6. The Balaban J connectivity index is 1.21. The van der Waals surface area contributed by atoms with E-state index < -0.39 is 64.4 Å². The first-order valence-electron chi connectivity index (χ1n) is 17.0. The maximum absolute atomic E-state index is 15.6. The molecule has 0 unspecified atom stereocenters. The number of ether oxygens (including phenoxy) is 1. The van der Waals surface area contributed by atoms with Crippen molar-refractivity contribution in [3.63, 3.8) is 0 Å². The van der Waals surface area contributed by atoms with Crippen molar-refractivity contribution in [2.75, 3.05) is 24.7 Å². The molecule has 2 N–H and O–H groups in total. The zero-order chi connectivity index (χ0) is 38.3. The van der Waals surface area contributed by atoms with Crippen LogP contribution in [0.4, 0.5) is 27.6 Å². The quantitative estimate of drug-likeness (QED) is 0.156. The molecule has 13 heteroatoms. The number of rotatable bonds is 8. The van der Waals surface area contributed by atoms with Crippen molar-refractivity contribution >= 4 is 39.2 Å². The molecule has 1 aromatic heterocycles. The molecule has 0 saturated carbocycles. The van der Waals surface area contributed by atoms with Gasteiger partial charge in [0.2, 0.25) is 0 Å². The number of amides is 1. The Morgan fingerprint density at radius 3 is 2.24 bits per heavy atom. The second-order valence-electron chi connectivity index (χ2n) is 13.0. The van der Waals surface area contributed by atoms with Crippen molar-refractivity contribution in [3.8, 4) is 11.1 Å². The number of carboxylic acids is 1. The van der Waals surface area contributed by atoms with Crippen LogP contribution in [0.5, 0.6) is 0 Å². The highest BCUT2D eigenvalue weighted by Gasteiger charge is 2.38. The maximum Gasteiger partial charge on any atom is 0.417 e. The largest absolute Gasteiger partial charge is 0.480 e. The van der Waals surface area contributed by atoms with Gasteiger partial charge in [-0.1, -0.05) is 84.9 Å². The zero-order valence-corrected chi connectivity index (χ0v) is 28.7. The van der Waals surface area contributed by atoms with Crippen molar-refractivity contribution < 1.29 is 41.4 Å². The molecule has 0 spiro atoms. The minimum Gasteiger partial charge on any atom is -0.480 e. The van der Waals surface area contributed by atoms with E-state index in [1.165, 1.54) is 61.6 Å². The number of hydrogen-bond acceptors (Lipinski definition) is 5. The molecule has 0 bridgehead atoms. The number of halogens is 5. The van der Waals surface area contributed by atoms with Gasteiger partial charge in [0.25, 0.3) is 11.5 Å². The molecular weight excluding hydrogens is 709 g/mol. The van der Waals surface area contributed by atoms with Crippen LogP contribution in [0.1, 0.15) is 33.1 Å². The predicted octanol–water partition coefficient (Wildman–Crippen LogP) is 7.66. The fourth-order valence-corrected chi connectivity index (χ4v) is 7.27. The first-order valence-corrected chi connectivity index (χ1v) is 17.0. The first-order chi connectivity index (χ1) is 25.8. The van der Waals surface area contributed by atoms with E-state index in [0.717, 1.165) is 22.3 Å². The number of nitrogens with one attached hydrogen (secondary N) is 1. The minimum absolute atomic E-state index is 0.0251. The van der Waals surface area contributed by atoms with E-state index in [-0.39, 0.29) is 40.2 Å². The number of alkyl halides is 3. The van der Waals surface area contributed by atoms with Crippen LogP contribution in [0.25, 0.3) is 32.8 Å². The lowest BCUT2D eigenvalue weighted by atomic mass is 9.90. The Labute approximate surface area is 305 Å². The number of carbonyl (C=O) groups is 2. The number of morpholine rings is 1. The summed E-state index contributed by atoms with van der Waals surface area (Å²) >= 11 is 0. The standard InChI is InChI=1S/C41H32F5N3O5/c1-48-33-16-6-5-12-29(33)37(41(44,45)46)35(39(48)51)28-15-8-13-26-24(11-7-14-27(26)28)19-32(40(52)53)47-38(50)36-30(42)20-25(21-31(36)43)49-17-18-54-22-34(49)23-9-3-2-4-10-23/h2-16,20-21,32,34H,17-19,22H2,1H3,(H,47,50)(H,52,53)/t32-,34+/m0/s1. The highest BCUT2D eigenvalue weighted by atomic mass is 19.4. The van der Waals surface area contributed by atoms with Gasteiger partial charge in [-0.05, 0) is 45.7 Å². The van der Waals surface area contributed by atoms with Crippen LogP contribution in [-0.2, 0) is 29.2 Å². The molecule has 1 fully saturated rings. The van der Waals surface area contributed by atoms with Crippen molar-refractivity contribution in [1.29, 1.82) is 0 Å². The van der Waals surface area contributed by atoms with Gasteiger partial charge in [0.1, 0.15) is 23.2 Å². The third-order valence-corrected chi connectivity index (χ3v) is 9.79. The second-order valence-corrected chi connectivity index (χ2v) is 13.0. The van der Waals surface area contributed by atoms with E-state index in [2.05, 4.69) is 5.32 Å². The number of aromatic nitrogens is 1. The molecule has 0 radical (unpaired) electrons. The summed E-state index contributed by atoms with van der Waals surface area (Å²) in [5.74, 6) is -5.22. The van der Waals surface area contributed by atoms with Crippen LogP contribution in [0, 0.1) is 11.6 Å². The number of hydrogen-bond donors (Lipinski definition) is 2. The number of nitrogens with zero attached hydrogens (tertiary/aromatic N) is 2.